The van der Waals surface area contributed by atoms with Crippen LogP contribution in [-0.4, -0.2) is 44.5 Å². The van der Waals surface area contributed by atoms with E-state index >= 15 is 0 Å². The maximum absolute atomic E-state index is 13.1. The topological polar surface area (TPSA) is 79.7 Å². The lowest BCUT2D eigenvalue weighted by molar-refractivity contribution is -0.143. The van der Waals surface area contributed by atoms with Crippen molar-refractivity contribution in [3.05, 3.63) is 94.8 Å². The largest absolute Gasteiger partial charge is 0.344 e. The van der Waals surface area contributed by atoms with Crippen LogP contribution >= 0.6 is 0 Å². The van der Waals surface area contributed by atoms with Crippen LogP contribution in [0.4, 0.5) is 4.79 Å². The van der Waals surface area contributed by atoms with Crippen LogP contribution < -0.4 is 0 Å². The summed E-state index contributed by atoms with van der Waals surface area (Å²) in [6, 6.07) is 19.2. The third kappa shape index (κ3) is 4.09. The molecular formula is C26H25N3O4. The molecule has 2 aromatic carbocycles. The van der Waals surface area contributed by atoms with Gasteiger partial charge in [-0.1, -0.05) is 60.7 Å². The van der Waals surface area contributed by atoms with Gasteiger partial charge >= 0.3 is 17.8 Å². The molecule has 1 atom stereocenters. The van der Waals surface area contributed by atoms with Gasteiger partial charge in [0.05, 0.1) is 12.6 Å². The first-order valence-corrected chi connectivity index (χ1v) is 10.8. The van der Waals surface area contributed by atoms with Crippen LogP contribution in [0.3, 0.4) is 0 Å². The molecule has 0 radical (unpaired) electrons. The normalized spacial score (nSPS) is 14.8. The highest BCUT2D eigenvalue weighted by Crippen LogP contribution is 2.27. The van der Waals surface area contributed by atoms with Crippen LogP contribution in [0, 0.1) is 13.8 Å². The summed E-state index contributed by atoms with van der Waals surface area (Å²) in [4.78, 5) is 52.9. The predicted molar refractivity (Wildman–Crippen MR) is 123 cm³/mol. The number of ketones is 1. The molecule has 1 aliphatic heterocycles. The summed E-state index contributed by atoms with van der Waals surface area (Å²) in [5.41, 5.74) is 3.91. The lowest BCUT2D eigenvalue weighted by Gasteiger charge is -2.22. The lowest BCUT2D eigenvalue weighted by atomic mass is 10.1. The zero-order chi connectivity index (χ0) is 23.7. The Balaban J connectivity index is 1.54. The number of aryl methyl sites for hydroxylation is 1. The van der Waals surface area contributed by atoms with Gasteiger partial charge in [-0.3, -0.25) is 14.4 Å². The number of hydrogen-bond acceptors (Lipinski definition) is 4. The van der Waals surface area contributed by atoms with Crippen molar-refractivity contribution in [2.45, 2.75) is 33.4 Å². The predicted octanol–water partition coefficient (Wildman–Crippen LogP) is 3.89. The minimum atomic E-state index is -0.978. The first-order valence-electron chi connectivity index (χ1n) is 10.8. The molecule has 0 N–H and O–H groups in total. The number of rotatable bonds is 7. The summed E-state index contributed by atoms with van der Waals surface area (Å²) in [5, 5.41) is 0. The summed E-state index contributed by atoms with van der Waals surface area (Å²) in [5.74, 6) is -2.28. The Labute approximate surface area is 192 Å². The Morgan fingerprint density at radius 1 is 0.879 bits per heavy atom. The Morgan fingerprint density at radius 3 is 2.12 bits per heavy atom. The molecule has 1 aromatic heterocycles. The van der Waals surface area contributed by atoms with Gasteiger partial charge in [0.2, 0.25) is 0 Å². The molecule has 2 heterocycles. The molecule has 33 heavy (non-hydrogen) atoms. The lowest BCUT2D eigenvalue weighted by Crippen LogP contribution is -2.38. The standard InChI is InChI=1S/C26H25N3O4/c1-17-14-22(19(3)27(17)15-20-10-6-4-7-11-20)23(30)16-28-24(31)25(32)29(26(28)33)18(2)21-12-8-5-9-13-21/h4-14,18H,15-16H2,1-3H3. The monoisotopic (exact) mass is 443 g/mol. The van der Waals surface area contributed by atoms with Crippen LogP contribution in [0.2, 0.25) is 0 Å². The summed E-state index contributed by atoms with van der Waals surface area (Å²) in [6.45, 7) is 5.56. The molecule has 168 valence electrons. The molecule has 4 rings (SSSR count). The molecule has 0 spiro atoms. The summed E-state index contributed by atoms with van der Waals surface area (Å²) in [6.07, 6.45) is 0. The van der Waals surface area contributed by atoms with E-state index in [2.05, 4.69) is 0 Å². The van der Waals surface area contributed by atoms with E-state index in [0.717, 1.165) is 32.3 Å². The summed E-state index contributed by atoms with van der Waals surface area (Å²) >= 11 is 0. The number of urea groups is 1. The average Bonchev–Trinajstić information content (AvgIpc) is 3.22. The minimum Gasteiger partial charge on any atom is -0.344 e. The number of carbonyl (C=O) groups excluding carboxylic acids is 4. The van der Waals surface area contributed by atoms with Crippen molar-refractivity contribution in [2.75, 3.05) is 6.54 Å². The van der Waals surface area contributed by atoms with Crippen molar-refractivity contribution < 1.29 is 19.2 Å². The highest BCUT2D eigenvalue weighted by molar-refractivity contribution is 6.45. The first kappa shape index (κ1) is 22.2. The fourth-order valence-electron chi connectivity index (χ4n) is 4.21. The highest BCUT2D eigenvalue weighted by atomic mass is 16.2. The molecule has 4 amide bonds. The van der Waals surface area contributed by atoms with E-state index in [4.69, 9.17) is 0 Å². The zero-order valence-electron chi connectivity index (χ0n) is 18.8. The molecule has 7 heteroatoms. The second kappa shape index (κ2) is 8.86. The number of hydrogen-bond donors (Lipinski definition) is 0. The van der Waals surface area contributed by atoms with Gasteiger partial charge in [-0.2, -0.15) is 0 Å². The number of carbonyl (C=O) groups is 4. The second-order valence-electron chi connectivity index (χ2n) is 8.22. The van der Waals surface area contributed by atoms with Gasteiger partial charge in [0.15, 0.2) is 5.78 Å². The van der Waals surface area contributed by atoms with Gasteiger partial charge in [0.1, 0.15) is 0 Å². The van der Waals surface area contributed by atoms with Crippen molar-refractivity contribution in [3.63, 3.8) is 0 Å². The smallest absolute Gasteiger partial charge is 0.335 e. The molecule has 0 saturated carbocycles. The molecule has 0 aliphatic carbocycles. The highest BCUT2D eigenvalue weighted by Gasteiger charge is 2.47. The Kier molecular flexibility index (Phi) is 5.96. The number of Topliss-reactive ketones (excluding diaryl/α,β-unsaturated/α-hetero) is 1. The maximum Gasteiger partial charge on any atom is 0.335 e. The summed E-state index contributed by atoms with van der Waals surface area (Å²) in [7, 11) is 0. The molecular weight excluding hydrogens is 418 g/mol. The maximum atomic E-state index is 13.1. The Bertz CT molecular complexity index is 1230. The van der Waals surface area contributed by atoms with E-state index < -0.39 is 30.4 Å². The van der Waals surface area contributed by atoms with Crippen molar-refractivity contribution >= 4 is 23.6 Å². The van der Waals surface area contributed by atoms with Crippen LogP contribution in [0.25, 0.3) is 0 Å². The van der Waals surface area contributed by atoms with Crippen molar-refractivity contribution in [2.24, 2.45) is 0 Å². The molecule has 1 fully saturated rings. The SMILES string of the molecule is Cc1cc(C(=O)CN2C(=O)C(=O)N(C(C)c3ccccc3)C2=O)c(C)n1Cc1ccccc1. The van der Waals surface area contributed by atoms with Gasteiger partial charge in [-0.25, -0.2) is 14.6 Å². The quantitative estimate of drug-likeness (QED) is 0.315. The van der Waals surface area contributed by atoms with Crippen molar-refractivity contribution in [1.29, 1.82) is 0 Å². The molecule has 7 nitrogen and oxygen atoms in total. The third-order valence-electron chi connectivity index (χ3n) is 6.11. The van der Waals surface area contributed by atoms with Crippen LogP contribution in [0.5, 0.6) is 0 Å². The van der Waals surface area contributed by atoms with Gasteiger partial charge in [-0.05, 0) is 38.0 Å². The van der Waals surface area contributed by atoms with E-state index in [1.165, 1.54) is 0 Å². The van der Waals surface area contributed by atoms with Crippen molar-refractivity contribution in [3.8, 4) is 0 Å². The summed E-state index contributed by atoms with van der Waals surface area (Å²) < 4.78 is 2.02. The third-order valence-corrected chi connectivity index (χ3v) is 6.11. The van der Waals surface area contributed by atoms with E-state index in [-0.39, 0.29) is 5.78 Å². The zero-order valence-corrected chi connectivity index (χ0v) is 18.8. The van der Waals surface area contributed by atoms with E-state index in [1.807, 2.05) is 54.8 Å². The average molecular weight is 444 g/mol. The van der Waals surface area contributed by atoms with E-state index in [0.29, 0.717) is 12.1 Å². The second-order valence-corrected chi connectivity index (χ2v) is 8.22. The number of amides is 4. The first-order chi connectivity index (χ1) is 15.8. The van der Waals surface area contributed by atoms with Gasteiger partial charge in [-0.15, -0.1) is 0 Å². The van der Waals surface area contributed by atoms with Gasteiger partial charge in [0, 0.05) is 23.5 Å². The van der Waals surface area contributed by atoms with Crippen LogP contribution in [0.1, 0.15) is 45.8 Å². The van der Waals surface area contributed by atoms with Gasteiger partial charge in [0.25, 0.3) is 0 Å². The van der Waals surface area contributed by atoms with E-state index in [1.54, 1.807) is 37.3 Å². The van der Waals surface area contributed by atoms with Crippen LogP contribution in [-0.2, 0) is 16.1 Å². The number of imide groups is 2. The van der Waals surface area contributed by atoms with Crippen molar-refractivity contribution in [1.82, 2.24) is 14.4 Å². The van der Waals surface area contributed by atoms with Gasteiger partial charge < -0.3 is 4.57 Å². The number of benzene rings is 2. The molecule has 1 aliphatic rings. The molecule has 3 aromatic rings. The number of nitrogens with zero attached hydrogens (tertiary/aromatic N) is 3. The fraction of sp³-hybridized carbons (Fsp3) is 0.231. The fourth-order valence-corrected chi connectivity index (χ4v) is 4.21. The molecule has 0 bridgehead atoms. The molecule has 1 unspecified atom stereocenters. The molecule has 1 saturated heterocycles. The minimum absolute atomic E-state index is 0.383. The van der Waals surface area contributed by atoms with E-state index in [9.17, 15) is 19.2 Å². The Morgan fingerprint density at radius 2 is 1.48 bits per heavy atom. The Hall–Kier alpha value is -4.00. The number of aromatic nitrogens is 1. The van der Waals surface area contributed by atoms with Crippen LogP contribution in [0.15, 0.2) is 66.7 Å².